The molecule has 11 nitrogen and oxygen atoms in total. The van der Waals surface area contributed by atoms with Crippen molar-refractivity contribution in [3.05, 3.63) is 50.4 Å². The molecule has 0 saturated carbocycles. The Balaban J connectivity index is 1.33. The van der Waals surface area contributed by atoms with E-state index in [0.29, 0.717) is 21.7 Å². The van der Waals surface area contributed by atoms with Gasteiger partial charge in [0.2, 0.25) is 11.7 Å². The van der Waals surface area contributed by atoms with Crippen molar-refractivity contribution in [3.63, 3.8) is 0 Å². The standard InChI is InChI=1S/C25H27N5O6S/c1-12(31)9-26-18(32)8-14-3-2-4-17-20(14)21-23(34)29-22(30-25(21)37-17)24(35)27-10-13-5-6-16-15(7-13)28-19(33)11-36-16/h5-7,12,14,31H,2-4,8-11H2,1H3,(H,26,32)(H,27,35)(H,28,33)(H,29,30,34)/t12-,14?/m1/s1. The Morgan fingerprint density at radius 3 is 2.95 bits per heavy atom. The molecule has 3 heterocycles. The first kappa shape index (κ1) is 24.9. The normalized spacial score (nSPS) is 17.2. The molecule has 5 rings (SSSR count). The second-order valence-corrected chi connectivity index (χ2v) is 10.4. The van der Waals surface area contributed by atoms with Gasteiger partial charge in [0.15, 0.2) is 6.61 Å². The van der Waals surface area contributed by atoms with Gasteiger partial charge in [-0.2, -0.15) is 0 Å². The fourth-order valence-electron chi connectivity index (χ4n) is 4.72. The molecular formula is C25H27N5O6S. The summed E-state index contributed by atoms with van der Waals surface area (Å²) >= 11 is 1.39. The van der Waals surface area contributed by atoms with Gasteiger partial charge in [-0.15, -0.1) is 11.3 Å². The van der Waals surface area contributed by atoms with Gasteiger partial charge in [0.05, 0.1) is 17.2 Å². The van der Waals surface area contributed by atoms with Gasteiger partial charge in [-0.05, 0) is 55.4 Å². The van der Waals surface area contributed by atoms with Crippen molar-refractivity contribution in [2.45, 2.75) is 51.2 Å². The molecule has 1 aromatic carbocycles. The molecular weight excluding hydrogens is 498 g/mol. The van der Waals surface area contributed by atoms with Crippen molar-refractivity contribution in [2.24, 2.45) is 0 Å². The van der Waals surface area contributed by atoms with Gasteiger partial charge in [0.1, 0.15) is 10.6 Å². The molecule has 0 radical (unpaired) electrons. The number of nitrogens with one attached hydrogen (secondary N) is 4. The molecule has 0 spiro atoms. The van der Waals surface area contributed by atoms with Crippen LogP contribution >= 0.6 is 11.3 Å². The molecule has 37 heavy (non-hydrogen) atoms. The highest BCUT2D eigenvalue weighted by Crippen LogP contribution is 2.42. The van der Waals surface area contributed by atoms with Crippen LogP contribution in [0, 0.1) is 0 Å². The van der Waals surface area contributed by atoms with Gasteiger partial charge in [-0.3, -0.25) is 19.2 Å². The Hall–Kier alpha value is -3.77. The van der Waals surface area contributed by atoms with Gasteiger partial charge in [-0.1, -0.05) is 6.07 Å². The summed E-state index contributed by atoms with van der Waals surface area (Å²) in [5.41, 5.74) is 1.72. The van der Waals surface area contributed by atoms with Crippen LogP contribution in [0.25, 0.3) is 10.2 Å². The molecule has 12 heteroatoms. The van der Waals surface area contributed by atoms with Crippen molar-refractivity contribution < 1.29 is 24.2 Å². The molecule has 1 unspecified atom stereocenters. The molecule has 1 aliphatic heterocycles. The fourth-order valence-corrected chi connectivity index (χ4v) is 6.02. The minimum absolute atomic E-state index is 0.0341. The number of aryl methyl sites for hydroxylation is 1. The van der Waals surface area contributed by atoms with E-state index < -0.39 is 17.6 Å². The minimum atomic E-state index is -0.633. The number of fused-ring (bicyclic) bond motifs is 4. The lowest BCUT2D eigenvalue weighted by Crippen LogP contribution is -2.32. The van der Waals surface area contributed by atoms with Gasteiger partial charge in [-0.25, -0.2) is 4.98 Å². The summed E-state index contributed by atoms with van der Waals surface area (Å²) in [7, 11) is 0. The number of carbonyl (C=O) groups excluding carboxylic acids is 3. The van der Waals surface area contributed by atoms with E-state index in [1.54, 1.807) is 25.1 Å². The molecule has 1 aliphatic carbocycles. The molecule has 3 amide bonds. The number of carbonyl (C=O) groups is 3. The number of aliphatic hydroxyl groups is 1. The molecule has 0 bridgehead atoms. The van der Waals surface area contributed by atoms with Crippen LogP contribution in [0.1, 0.15) is 58.7 Å². The Morgan fingerprint density at radius 1 is 1.30 bits per heavy atom. The molecule has 0 saturated heterocycles. The molecule has 2 atom stereocenters. The summed E-state index contributed by atoms with van der Waals surface area (Å²) in [6.07, 6.45) is 2.05. The fraction of sp³-hybridized carbons (Fsp3) is 0.400. The summed E-state index contributed by atoms with van der Waals surface area (Å²) < 4.78 is 5.34. The molecule has 2 aliphatic rings. The van der Waals surface area contributed by atoms with Crippen LogP contribution in [0.2, 0.25) is 0 Å². The van der Waals surface area contributed by atoms with Crippen LogP contribution in [0.15, 0.2) is 23.0 Å². The quantitative estimate of drug-likeness (QED) is 0.312. The van der Waals surface area contributed by atoms with E-state index >= 15 is 0 Å². The lowest BCUT2D eigenvalue weighted by atomic mass is 9.84. The number of rotatable bonds is 7. The van der Waals surface area contributed by atoms with Gasteiger partial charge < -0.3 is 30.8 Å². The zero-order chi connectivity index (χ0) is 26.1. The number of aromatic nitrogens is 2. The van der Waals surface area contributed by atoms with Crippen molar-refractivity contribution in [1.82, 2.24) is 20.6 Å². The monoisotopic (exact) mass is 525 g/mol. The number of aliphatic hydroxyl groups excluding tert-OH is 1. The van der Waals surface area contributed by atoms with Gasteiger partial charge in [0, 0.05) is 24.4 Å². The van der Waals surface area contributed by atoms with E-state index in [9.17, 15) is 24.3 Å². The maximum atomic E-state index is 13.1. The van der Waals surface area contributed by atoms with Crippen molar-refractivity contribution in [2.75, 3.05) is 18.5 Å². The van der Waals surface area contributed by atoms with Crippen LogP contribution in [-0.2, 0) is 22.6 Å². The number of hydrogen-bond acceptors (Lipinski definition) is 8. The highest BCUT2D eigenvalue weighted by atomic mass is 32.1. The zero-order valence-electron chi connectivity index (χ0n) is 20.2. The Labute approximate surface area is 215 Å². The highest BCUT2D eigenvalue weighted by molar-refractivity contribution is 7.18. The van der Waals surface area contributed by atoms with E-state index in [1.165, 1.54) is 11.3 Å². The number of ether oxygens (including phenoxy) is 1. The number of anilines is 1. The van der Waals surface area contributed by atoms with Crippen molar-refractivity contribution in [1.29, 1.82) is 0 Å². The van der Waals surface area contributed by atoms with E-state index in [1.807, 2.05) is 0 Å². The first-order chi connectivity index (χ1) is 17.8. The Morgan fingerprint density at radius 2 is 2.14 bits per heavy atom. The zero-order valence-corrected chi connectivity index (χ0v) is 21.0. The lowest BCUT2D eigenvalue weighted by molar-refractivity contribution is -0.122. The summed E-state index contributed by atoms with van der Waals surface area (Å²) in [5.74, 6) is -0.597. The topological polar surface area (TPSA) is 163 Å². The maximum Gasteiger partial charge on any atom is 0.287 e. The third-order valence-corrected chi connectivity index (χ3v) is 7.57. The third kappa shape index (κ3) is 5.35. The second kappa shape index (κ2) is 10.3. The number of nitrogens with zero attached hydrogens (tertiary/aromatic N) is 1. The van der Waals surface area contributed by atoms with E-state index in [4.69, 9.17) is 4.74 Å². The van der Waals surface area contributed by atoms with Crippen LogP contribution in [-0.4, -0.2) is 52.1 Å². The summed E-state index contributed by atoms with van der Waals surface area (Å²) in [5, 5.41) is 18.1. The smallest absolute Gasteiger partial charge is 0.287 e. The van der Waals surface area contributed by atoms with E-state index in [2.05, 4.69) is 25.9 Å². The number of benzene rings is 1. The van der Waals surface area contributed by atoms with Crippen LogP contribution in [0.4, 0.5) is 5.69 Å². The molecule has 2 aromatic heterocycles. The van der Waals surface area contributed by atoms with Crippen molar-refractivity contribution >= 4 is 45.0 Å². The Kier molecular flexibility index (Phi) is 6.94. The second-order valence-electron chi connectivity index (χ2n) is 9.33. The van der Waals surface area contributed by atoms with Crippen molar-refractivity contribution in [3.8, 4) is 5.75 Å². The molecule has 5 N–H and O–H groups in total. The van der Waals surface area contributed by atoms with E-state index in [0.717, 1.165) is 35.3 Å². The van der Waals surface area contributed by atoms with Crippen LogP contribution < -0.4 is 26.2 Å². The summed E-state index contributed by atoms with van der Waals surface area (Å²) in [6.45, 7) is 1.91. The molecule has 0 fully saturated rings. The first-order valence-electron chi connectivity index (χ1n) is 12.1. The SMILES string of the molecule is C[C@@H](O)CNC(=O)CC1CCCc2sc3nc(C(=O)NCc4ccc5c(c4)NC(=O)CO5)[nH]c(=O)c3c21. The predicted molar refractivity (Wildman–Crippen MR) is 137 cm³/mol. The summed E-state index contributed by atoms with van der Waals surface area (Å²) in [6, 6.07) is 5.22. The Bertz CT molecular complexity index is 1450. The number of thiophene rings is 1. The molecule has 3 aromatic rings. The minimum Gasteiger partial charge on any atom is -0.482 e. The van der Waals surface area contributed by atoms with Gasteiger partial charge in [0.25, 0.3) is 17.4 Å². The average molecular weight is 526 g/mol. The van der Waals surface area contributed by atoms with E-state index in [-0.39, 0.29) is 49.7 Å². The van der Waals surface area contributed by atoms with Crippen LogP contribution in [0.3, 0.4) is 0 Å². The first-order valence-corrected chi connectivity index (χ1v) is 12.9. The van der Waals surface area contributed by atoms with Gasteiger partial charge >= 0.3 is 0 Å². The maximum absolute atomic E-state index is 13.1. The average Bonchev–Trinajstić information content (AvgIpc) is 3.26. The number of hydrogen-bond donors (Lipinski definition) is 5. The summed E-state index contributed by atoms with van der Waals surface area (Å²) in [4.78, 5) is 58.4. The number of H-pyrrole nitrogens is 1. The van der Waals surface area contributed by atoms with Crippen LogP contribution in [0.5, 0.6) is 5.75 Å². The largest absolute Gasteiger partial charge is 0.482 e. The number of amides is 3. The molecule has 194 valence electrons. The third-order valence-electron chi connectivity index (χ3n) is 6.41. The predicted octanol–water partition coefficient (Wildman–Crippen LogP) is 1.55. The number of aromatic amines is 1. The lowest BCUT2D eigenvalue weighted by Gasteiger charge is -2.22. The highest BCUT2D eigenvalue weighted by Gasteiger charge is 2.29.